The molecule has 1 fully saturated rings. The second-order valence-corrected chi connectivity index (χ2v) is 5.70. The van der Waals surface area contributed by atoms with E-state index in [-0.39, 0.29) is 12.5 Å². The third-order valence-electron chi connectivity index (χ3n) is 4.29. The first kappa shape index (κ1) is 16.2. The van der Waals surface area contributed by atoms with Crippen LogP contribution >= 0.6 is 0 Å². The molecule has 1 N–H and O–H groups in total. The Morgan fingerprint density at radius 1 is 1.25 bits per heavy atom. The molecule has 0 unspecified atom stereocenters. The Morgan fingerprint density at radius 2 is 1.92 bits per heavy atom. The Labute approximate surface area is 140 Å². The van der Waals surface area contributed by atoms with Gasteiger partial charge in [0.2, 0.25) is 0 Å². The number of benzene rings is 1. The summed E-state index contributed by atoms with van der Waals surface area (Å²) in [7, 11) is 3.04. The van der Waals surface area contributed by atoms with Gasteiger partial charge in [0.05, 0.1) is 26.8 Å². The number of nitrogens with zero attached hydrogens (tertiary/aromatic N) is 4. The van der Waals surface area contributed by atoms with Crippen LogP contribution in [0.5, 0.6) is 11.5 Å². The number of carbonyl (C=O) groups is 1. The molecule has 0 radical (unpaired) electrons. The van der Waals surface area contributed by atoms with Crippen molar-refractivity contribution in [1.82, 2.24) is 25.5 Å². The largest absolute Gasteiger partial charge is 0.496 e. The Hall–Kier alpha value is -2.64. The summed E-state index contributed by atoms with van der Waals surface area (Å²) >= 11 is 0. The van der Waals surface area contributed by atoms with Gasteiger partial charge in [-0.25, -0.2) is 4.68 Å². The van der Waals surface area contributed by atoms with Gasteiger partial charge in [-0.1, -0.05) is 18.9 Å². The summed E-state index contributed by atoms with van der Waals surface area (Å²) in [5.41, 5.74) is 0.363. The first-order valence-electron chi connectivity index (χ1n) is 8.00. The zero-order chi connectivity index (χ0) is 16.9. The predicted octanol–water partition coefficient (Wildman–Crippen LogP) is 1.74. The highest BCUT2D eigenvalue weighted by Crippen LogP contribution is 2.30. The summed E-state index contributed by atoms with van der Waals surface area (Å²) in [6, 6.07) is 5.54. The summed E-state index contributed by atoms with van der Waals surface area (Å²) in [6.07, 6.45) is 4.53. The van der Waals surface area contributed by atoms with E-state index in [0.29, 0.717) is 28.9 Å². The quantitative estimate of drug-likeness (QED) is 0.867. The number of ether oxygens (including phenoxy) is 2. The molecule has 128 valence electrons. The summed E-state index contributed by atoms with van der Waals surface area (Å²) in [6.45, 7) is 0.254. The Kier molecular flexibility index (Phi) is 4.93. The average Bonchev–Trinajstić information content (AvgIpc) is 3.29. The van der Waals surface area contributed by atoms with E-state index in [1.54, 1.807) is 18.2 Å². The lowest BCUT2D eigenvalue weighted by Crippen LogP contribution is -2.26. The molecule has 1 aromatic heterocycles. The van der Waals surface area contributed by atoms with E-state index >= 15 is 0 Å². The normalized spacial score (nSPS) is 14.6. The van der Waals surface area contributed by atoms with Crippen molar-refractivity contribution in [2.24, 2.45) is 0 Å². The molecule has 1 amide bonds. The molecule has 8 heteroatoms. The molecule has 0 atom stereocenters. The lowest BCUT2D eigenvalue weighted by atomic mass is 10.1. The zero-order valence-corrected chi connectivity index (χ0v) is 13.9. The molecule has 0 saturated heterocycles. The fourth-order valence-corrected chi connectivity index (χ4v) is 3.08. The van der Waals surface area contributed by atoms with Crippen molar-refractivity contribution in [2.45, 2.75) is 38.3 Å². The molecule has 1 aliphatic carbocycles. The van der Waals surface area contributed by atoms with E-state index in [0.717, 1.165) is 12.8 Å². The Balaban J connectivity index is 1.74. The van der Waals surface area contributed by atoms with Crippen molar-refractivity contribution in [1.29, 1.82) is 0 Å². The molecule has 3 rings (SSSR count). The number of aromatic nitrogens is 4. The molecular weight excluding hydrogens is 310 g/mol. The smallest absolute Gasteiger partial charge is 0.259 e. The van der Waals surface area contributed by atoms with E-state index < -0.39 is 0 Å². The Bertz CT molecular complexity index is 687. The number of methoxy groups -OCH3 is 2. The molecule has 0 spiro atoms. The van der Waals surface area contributed by atoms with Crippen LogP contribution in [0.2, 0.25) is 0 Å². The molecule has 24 heavy (non-hydrogen) atoms. The SMILES string of the molecule is COc1cccc(OC)c1C(=O)NCc1nnnn1C1CCCC1. The average molecular weight is 331 g/mol. The first-order valence-corrected chi connectivity index (χ1v) is 8.00. The van der Waals surface area contributed by atoms with E-state index in [9.17, 15) is 4.79 Å². The predicted molar refractivity (Wildman–Crippen MR) is 86.0 cm³/mol. The van der Waals surface area contributed by atoms with Gasteiger partial charge in [0.15, 0.2) is 5.82 Å². The van der Waals surface area contributed by atoms with Crippen molar-refractivity contribution >= 4 is 5.91 Å². The number of tetrazole rings is 1. The van der Waals surface area contributed by atoms with Gasteiger partial charge in [-0.05, 0) is 35.4 Å². The zero-order valence-electron chi connectivity index (χ0n) is 13.9. The standard InChI is InChI=1S/C16H21N5O3/c1-23-12-8-5-9-13(24-2)15(12)16(22)17-10-14-18-19-20-21(14)11-6-3-4-7-11/h5,8-9,11H,3-4,6-7,10H2,1-2H3,(H,17,22). The maximum Gasteiger partial charge on any atom is 0.259 e. The highest BCUT2D eigenvalue weighted by Gasteiger charge is 2.23. The molecule has 1 aromatic carbocycles. The number of rotatable bonds is 6. The monoisotopic (exact) mass is 331 g/mol. The van der Waals surface area contributed by atoms with Crippen molar-refractivity contribution in [3.63, 3.8) is 0 Å². The number of carbonyl (C=O) groups excluding carboxylic acids is 1. The second kappa shape index (κ2) is 7.29. The minimum absolute atomic E-state index is 0.254. The van der Waals surface area contributed by atoms with E-state index in [1.165, 1.54) is 27.1 Å². The number of hydrogen-bond donors (Lipinski definition) is 1. The van der Waals surface area contributed by atoms with Gasteiger partial charge in [0.25, 0.3) is 5.91 Å². The van der Waals surface area contributed by atoms with Gasteiger partial charge < -0.3 is 14.8 Å². The van der Waals surface area contributed by atoms with Crippen LogP contribution in [-0.4, -0.2) is 40.3 Å². The van der Waals surface area contributed by atoms with Gasteiger partial charge in [-0.15, -0.1) is 5.10 Å². The molecule has 1 saturated carbocycles. The fourth-order valence-electron chi connectivity index (χ4n) is 3.08. The van der Waals surface area contributed by atoms with Crippen LogP contribution in [0.4, 0.5) is 0 Å². The van der Waals surface area contributed by atoms with E-state index in [1.807, 2.05) is 4.68 Å². The van der Waals surface area contributed by atoms with Crippen LogP contribution < -0.4 is 14.8 Å². The first-order chi connectivity index (χ1) is 11.7. The van der Waals surface area contributed by atoms with Crippen LogP contribution in [0.15, 0.2) is 18.2 Å². The minimum Gasteiger partial charge on any atom is -0.496 e. The fraction of sp³-hybridized carbons (Fsp3) is 0.500. The third kappa shape index (κ3) is 3.17. The van der Waals surface area contributed by atoms with Crippen molar-refractivity contribution in [2.75, 3.05) is 14.2 Å². The number of amides is 1. The molecular formula is C16H21N5O3. The van der Waals surface area contributed by atoms with Crippen molar-refractivity contribution in [3.05, 3.63) is 29.6 Å². The summed E-state index contributed by atoms with van der Waals surface area (Å²) in [5.74, 6) is 1.29. The molecule has 1 aliphatic rings. The maximum atomic E-state index is 12.6. The lowest BCUT2D eigenvalue weighted by molar-refractivity contribution is 0.0942. The summed E-state index contributed by atoms with van der Waals surface area (Å²) in [4.78, 5) is 12.6. The van der Waals surface area contributed by atoms with Gasteiger partial charge in [0, 0.05) is 0 Å². The maximum absolute atomic E-state index is 12.6. The molecule has 1 heterocycles. The van der Waals surface area contributed by atoms with E-state index in [2.05, 4.69) is 20.8 Å². The topological polar surface area (TPSA) is 91.2 Å². The molecule has 0 aliphatic heterocycles. The highest BCUT2D eigenvalue weighted by molar-refractivity contribution is 5.99. The third-order valence-corrected chi connectivity index (χ3v) is 4.29. The summed E-state index contributed by atoms with van der Waals surface area (Å²) in [5, 5.41) is 14.7. The highest BCUT2D eigenvalue weighted by atomic mass is 16.5. The van der Waals surface area contributed by atoms with E-state index in [4.69, 9.17) is 9.47 Å². The summed E-state index contributed by atoms with van der Waals surface area (Å²) < 4.78 is 12.4. The molecule has 0 bridgehead atoms. The van der Waals surface area contributed by atoms with Crippen molar-refractivity contribution in [3.8, 4) is 11.5 Å². The van der Waals surface area contributed by atoms with Crippen LogP contribution in [0, 0.1) is 0 Å². The second-order valence-electron chi connectivity index (χ2n) is 5.70. The van der Waals surface area contributed by atoms with Gasteiger partial charge in [-0.2, -0.15) is 0 Å². The lowest BCUT2D eigenvalue weighted by Gasteiger charge is -2.14. The van der Waals surface area contributed by atoms with Crippen LogP contribution in [-0.2, 0) is 6.54 Å². The van der Waals surface area contributed by atoms with Crippen LogP contribution in [0.25, 0.3) is 0 Å². The molecule has 2 aromatic rings. The number of nitrogens with one attached hydrogen (secondary N) is 1. The minimum atomic E-state index is -0.287. The van der Waals surface area contributed by atoms with Gasteiger partial charge >= 0.3 is 0 Å². The number of hydrogen-bond acceptors (Lipinski definition) is 6. The van der Waals surface area contributed by atoms with Crippen LogP contribution in [0.3, 0.4) is 0 Å². The van der Waals surface area contributed by atoms with Crippen molar-refractivity contribution < 1.29 is 14.3 Å². The van der Waals surface area contributed by atoms with Gasteiger partial charge in [0.1, 0.15) is 17.1 Å². The van der Waals surface area contributed by atoms with Gasteiger partial charge in [-0.3, -0.25) is 4.79 Å². The molecule has 8 nitrogen and oxygen atoms in total. The Morgan fingerprint density at radius 3 is 2.54 bits per heavy atom. The van der Waals surface area contributed by atoms with Crippen LogP contribution in [0.1, 0.15) is 47.9 Å².